The molecule has 1 aromatic carbocycles. The Balaban J connectivity index is 1.45. The van der Waals surface area contributed by atoms with Crippen molar-refractivity contribution in [1.82, 2.24) is 24.6 Å². The van der Waals surface area contributed by atoms with Crippen molar-refractivity contribution in [2.24, 2.45) is 0 Å². The monoisotopic (exact) mass is 436 g/mol. The first-order valence-electron chi connectivity index (χ1n) is 10.5. The van der Waals surface area contributed by atoms with Crippen LogP contribution >= 0.6 is 0 Å². The van der Waals surface area contributed by atoms with Crippen molar-refractivity contribution in [3.8, 4) is 0 Å². The summed E-state index contributed by atoms with van der Waals surface area (Å²) in [6.45, 7) is 5.75. The van der Waals surface area contributed by atoms with E-state index in [0.717, 1.165) is 0 Å². The van der Waals surface area contributed by atoms with Crippen LogP contribution < -0.4 is 10.5 Å². The van der Waals surface area contributed by atoms with Gasteiger partial charge in [-0.3, -0.25) is 9.59 Å². The number of aromatic nitrogens is 4. The molecule has 1 fully saturated rings. The molecule has 1 atom stereocenters. The average Bonchev–Trinajstić information content (AvgIpc) is 2.84. The molecule has 0 bridgehead atoms. The summed E-state index contributed by atoms with van der Waals surface area (Å²) in [6.07, 6.45) is 2.38. The van der Waals surface area contributed by atoms with Crippen molar-refractivity contribution in [3.63, 3.8) is 0 Å². The second-order valence-electron chi connectivity index (χ2n) is 7.42. The minimum Gasteiger partial charge on any atom is -0.448 e. The molecule has 10 nitrogen and oxygen atoms in total. The first-order valence-corrected chi connectivity index (χ1v) is 10.5. The van der Waals surface area contributed by atoms with E-state index < -0.39 is 12.1 Å². The van der Waals surface area contributed by atoms with Crippen molar-refractivity contribution in [3.05, 3.63) is 58.8 Å². The number of esters is 1. The maximum Gasteiger partial charge on any atom is 0.360 e. The van der Waals surface area contributed by atoms with Gasteiger partial charge >= 0.3 is 5.97 Å². The number of hydrogen-bond donors (Lipinski definition) is 0. The third kappa shape index (κ3) is 4.16. The van der Waals surface area contributed by atoms with Crippen molar-refractivity contribution in [1.29, 1.82) is 0 Å². The zero-order valence-corrected chi connectivity index (χ0v) is 18.0. The van der Waals surface area contributed by atoms with Gasteiger partial charge in [-0.2, -0.15) is 5.10 Å². The second-order valence-corrected chi connectivity index (χ2v) is 7.42. The molecule has 1 unspecified atom stereocenters. The number of rotatable bonds is 5. The molecule has 2 aromatic heterocycles. The summed E-state index contributed by atoms with van der Waals surface area (Å²) in [7, 11) is 0. The van der Waals surface area contributed by atoms with Gasteiger partial charge in [0.15, 0.2) is 11.8 Å². The van der Waals surface area contributed by atoms with Gasteiger partial charge in [-0.25, -0.2) is 19.4 Å². The number of benzene rings is 1. The summed E-state index contributed by atoms with van der Waals surface area (Å²) in [5.41, 5.74) is -0.253. The van der Waals surface area contributed by atoms with E-state index in [9.17, 15) is 14.4 Å². The van der Waals surface area contributed by atoms with Gasteiger partial charge in [0, 0.05) is 50.5 Å². The van der Waals surface area contributed by atoms with Crippen LogP contribution in [0.25, 0.3) is 10.8 Å². The van der Waals surface area contributed by atoms with Crippen LogP contribution in [0, 0.1) is 0 Å². The van der Waals surface area contributed by atoms with E-state index >= 15 is 0 Å². The Morgan fingerprint density at radius 1 is 1.03 bits per heavy atom. The number of carbonyl (C=O) groups excluding carboxylic acids is 2. The minimum atomic E-state index is -0.982. The van der Waals surface area contributed by atoms with E-state index in [4.69, 9.17) is 4.74 Å². The summed E-state index contributed by atoms with van der Waals surface area (Å²) in [6, 6.07) is 8.50. The highest BCUT2D eigenvalue weighted by atomic mass is 16.5. The van der Waals surface area contributed by atoms with Gasteiger partial charge in [-0.15, -0.1) is 0 Å². The lowest BCUT2D eigenvalue weighted by Gasteiger charge is -2.35. The Labute approximate surface area is 184 Å². The number of amides is 1. The molecule has 166 valence electrons. The summed E-state index contributed by atoms with van der Waals surface area (Å²) in [5.74, 6) is -0.385. The molecular weight excluding hydrogens is 412 g/mol. The summed E-state index contributed by atoms with van der Waals surface area (Å²) >= 11 is 0. The van der Waals surface area contributed by atoms with Crippen molar-refractivity contribution in [2.45, 2.75) is 26.5 Å². The number of piperazine rings is 1. The topological polar surface area (TPSA) is 111 Å². The van der Waals surface area contributed by atoms with Crippen LogP contribution in [-0.4, -0.2) is 68.8 Å². The molecule has 10 heteroatoms. The van der Waals surface area contributed by atoms with Crippen molar-refractivity contribution >= 4 is 28.6 Å². The summed E-state index contributed by atoms with van der Waals surface area (Å²) < 4.78 is 6.68. The average molecular weight is 436 g/mol. The highest BCUT2D eigenvalue weighted by Gasteiger charge is 2.29. The van der Waals surface area contributed by atoms with Gasteiger partial charge in [-0.1, -0.05) is 18.2 Å². The number of carbonyl (C=O) groups is 2. The van der Waals surface area contributed by atoms with E-state index in [-0.39, 0.29) is 17.2 Å². The van der Waals surface area contributed by atoms with E-state index in [2.05, 4.69) is 15.1 Å². The SMILES string of the molecule is CCn1nc(C(=O)OC(C)C(=O)N2CCN(c3ncccn3)CC2)c2ccccc2c1=O. The predicted molar refractivity (Wildman–Crippen MR) is 117 cm³/mol. The Morgan fingerprint density at radius 2 is 1.69 bits per heavy atom. The third-order valence-electron chi connectivity index (χ3n) is 5.42. The van der Waals surface area contributed by atoms with Crippen molar-refractivity contribution in [2.75, 3.05) is 31.1 Å². The second kappa shape index (κ2) is 9.13. The molecule has 0 aliphatic carbocycles. The molecule has 1 amide bonds. The van der Waals surface area contributed by atoms with Gasteiger partial charge in [0.05, 0.1) is 5.39 Å². The van der Waals surface area contributed by atoms with Crippen LogP contribution in [0.3, 0.4) is 0 Å². The number of anilines is 1. The van der Waals surface area contributed by atoms with Crippen molar-refractivity contribution < 1.29 is 14.3 Å². The lowest BCUT2D eigenvalue weighted by Crippen LogP contribution is -2.52. The molecule has 3 aromatic rings. The fourth-order valence-corrected chi connectivity index (χ4v) is 3.71. The lowest BCUT2D eigenvalue weighted by atomic mass is 10.1. The van der Waals surface area contributed by atoms with E-state index in [0.29, 0.717) is 49.4 Å². The highest BCUT2D eigenvalue weighted by molar-refractivity contribution is 6.02. The maximum atomic E-state index is 12.9. The van der Waals surface area contributed by atoms with E-state index in [1.807, 2.05) is 4.90 Å². The van der Waals surface area contributed by atoms with Gasteiger partial charge in [0.1, 0.15) is 0 Å². The Kier molecular flexibility index (Phi) is 6.11. The molecule has 1 aliphatic rings. The summed E-state index contributed by atoms with van der Waals surface area (Å²) in [4.78, 5) is 50.4. The quantitative estimate of drug-likeness (QED) is 0.547. The van der Waals surface area contributed by atoms with E-state index in [1.165, 1.54) is 4.68 Å². The van der Waals surface area contributed by atoms with Crippen LogP contribution in [-0.2, 0) is 16.1 Å². The van der Waals surface area contributed by atoms with Crippen LogP contribution in [0.15, 0.2) is 47.5 Å². The molecule has 4 rings (SSSR count). The summed E-state index contributed by atoms with van der Waals surface area (Å²) in [5, 5.41) is 4.96. The fourth-order valence-electron chi connectivity index (χ4n) is 3.71. The van der Waals surface area contributed by atoms with Gasteiger partial charge < -0.3 is 14.5 Å². The number of hydrogen-bond acceptors (Lipinski definition) is 8. The Hall–Kier alpha value is -3.82. The number of aryl methyl sites for hydroxylation is 1. The molecule has 0 N–H and O–H groups in total. The maximum absolute atomic E-state index is 12.9. The first-order chi connectivity index (χ1) is 15.5. The number of nitrogens with zero attached hydrogens (tertiary/aromatic N) is 6. The Bertz CT molecular complexity index is 1190. The predicted octanol–water partition coefficient (Wildman–Crippen LogP) is 1.10. The van der Waals surface area contributed by atoms with E-state index in [1.54, 1.807) is 61.5 Å². The normalized spacial score (nSPS) is 14.9. The molecule has 0 spiro atoms. The zero-order valence-electron chi connectivity index (χ0n) is 18.0. The molecule has 1 aliphatic heterocycles. The van der Waals surface area contributed by atoms with Gasteiger partial charge in [-0.05, 0) is 26.0 Å². The van der Waals surface area contributed by atoms with Crippen LogP contribution in [0.4, 0.5) is 5.95 Å². The first kappa shape index (κ1) is 21.4. The lowest BCUT2D eigenvalue weighted by molar-refractivity contribution is -0.140. The zero-order chi connectivity index (χ0) is 22.7. The highest BCUT2D eigenvalue weighted by Crippen LogP contribution is 2.16. The largest absolute Gasteiger partial charge is 0.448 e. The van der Waals surface area contributed by atoms with Crippen LogP contribution in [0.1, 0.15) is 24.3 Å². The van der Waals surface area contributed by atoms with Crippen LogP contribution in [0.5, 0.6) is 0 Å². The molecule has 0 radical (unpaired) electrons. The van der Waals surface area contributed by atoms with Gasteiger partial charge in [0.2, 0.25) is 5.95 Å². The third-order valence-corrected chi connectivity index (χ3v) is 5.42. The number of ether oxygens (including phenoxy) is 1. The molecule has 1 saturated heterocycles. The fraction of sp³-hybridized carbons (Fsp3) is 0.364. The minimum absolute atomic E-state index is 0.0211. The van der Waals surface area contributed by atoms with Crippen LogP contribution in [0.2, 0.25) is 0 Å². The Morgan fingerprint density at radius 3 is 2.34 bits per heavy atom. The molecule has 3 heterocycles. The standard InChI is InChI=1S/C22H24N6O4/c1-3-28-20(30)17-8-5-4-7-16(17)18(25-28)21(31)32-15(2)19(29)26-11-13-27(14-12-26)22-23-9-6-10-24-22/h4-10,15H,3,11-14H2,1-2H3. The van der Waals surface area contributed by atoms with Gasteiger partial charge in [0.25, 0.3) is 11.5 Å². The smallest absolute Gasteiger partial charge is 0.360 e. The molecule has 32 heavy (non-hydrogen) atoms. The molecular formula is C22H24N6O4. The number of fused-ring (bicyclic) bond motifs is 1. The molecule has 0 saturated carbocycles.